The molecule has 0 aromatic heterocycles. The molecule has 7 heteroatoms. The van der Waals surface area contributed by atoms with Gasteiger partial charge in [-0.1, -0.05) is 59.3 Å². The van der Waals surface area contributed by atoms with Gasteiger partial charge in [0.15, 0.2) is 11.5 Å². The van der Waals surface area contributed by atoms with Crippen molar-refractivity contribution in [3.63, 3.8) is 0 Å². The molecule has 0 amide bonds. The number of rotatable bonds is 18. The highest BCUT2D eigenvalue weighted by Crippen LogP contribution is 2.45. The molecule has 0 spiro atoms. The molecule has 0 fully saturated rings. The zero-order valence-corrected chi connectivity index (χ0v) is 21.4. The lowest BCUT2D eigenvalue weighted by atomic mass is 10.2. The Balaban J connectivity index is 2.34. The first-order valence-electron chi connectivity index (χ1n) is 12.9. The lowest BCUT2D eigenvalue weighted by molar-refractivity contribution is 0.0697. The van der Waals surface area contributed by atoms with Crippen molar-refractivity contribution in [1.29, 1.82) is 0 Å². The van der Waals surface area contributed by atoms with Gasteiger partial charge in [-0.3, -0.25) is 0 Å². The highest BCUT2D eigenvalue weighted by Gasteiger charge is 2.18. The molecule has 0 aliphatic rings. The Labute approximate surface area is 209 Å². The van der Waals surface area contributed by atoms with Gasteiger partial charge in [0, 0.05) is 0 Å². The second-order valence-electron chi connectivity index (χ2n) is 8.46. The van der Waals surface area contributed by atoms with Crippen molar-refractivity contribution < 1.29 is 24.1 Å². The second kappa shape index (κ2) is 16.5. The number of unbranched alkanes of at least 4 members (excludes halogenated alkanes) is 6. The van der Waals surface area contributed by atoms with E-state index in [9.17, 15) is 4.79 Å². The average molecular weight is 485 g/mol. The fraction of sp³-hybridized carbons (Fsp3) is 0.536. The normalized spacial score (nSPS) is 11.1. The van der Waals surface area contributed by atoms with Crippen LogP contribution in [0.4, 0.5) is 11.4 Å². The molecular formula is C28H40N2O5. The van der Waals surface area contributed by atoms with E-state index >= 15 is 0 Å². The monoisotopic (exact) mass is 484 g/mol. The predicted molar refractivity (Wildman–Crippen MR) is 139 cm³/mol. The second-order valence-corrected chi connectivity index (χ2v) is 8.46. The van der Waals surface area contributed by atoms with Crippen LogP contribution in [-0.4, -0.2) is 30.9 Å². The predicted octanol–water partition coefficient (Wildman–Crippen LogP) is 8.51. The Morgan fingerprint density at radius 3 is 1.77 bits per heavy atom. The first-order valence-corrected chi connectivity index (χ1v) is 12.9. The molecular weight excluding hydrogens is 444 g/mol. The SMILES string of the molecule is CCCCCOc1ccc(N=Nc2ccc(C(=O)O)cc2)c(OCCCCC)c1OCCCCC. The smallest absolute Gasteiger partial charge is 0.335 e. The van der Waals surface area contributed by atoms with E-state index in [-0.39, 0.29) is 5.56 Å². The van der Waals surface area contributed by atoms with Crippen molar-refractivity contribution in [2.45, 2.75) is 78.6 Å². The van der Waals surface area contributed by atoms with Crippen molar-refractivity contribution in [2.24, 2.45) is 10.2 Å². The number of ether oxygens (including phenoxy) is 3. The first-order chi connectivity index (χ1) is 17.1. The number of carboxylic acid groups (broad SMARTS) is 1. The van der Waals surface area contributed by atoms with Crippen molar-refractivity contribution >= 4 is 17.3 Å². The van der Waals surface area contributed by atoms with Crippen LogP contribution < -0.4 is 14.2 Å². The Bertz CT molecular complexity index is 912. The van der Waals surface area contributed by atoms with Crippen LogP contribution in [0.2, 0.25) is 0 Å². The van der Waals surface area contributed by atoms with Gasteiger partial charge in [-0.2, -0.15) is 5.11 Å². The summed E-state index contributed by atoms with van der Waals surface area (Å²) in [6, 6.07) is 9.97. The summed E-state index contributed by atoms with van der Waals surface area (Å²) in [6.45, 7) is 8.22. The van der Waals surface area contributed by atoms with Gasteiger partial charge in [0.2, 0.25) is 5.75 Å². The summed E-state index contributed by atoms with van der Waals surface area (Å²) in [6.07, 6.45) is 9.47. The molecule has 192 valence electrons. The Morgan fingerprint density at radius 1 is 0.686 bits per heavy atom. The number of hydrogen-bond donors (Lipinski definition) is 1. The first kappa shape index (κ1) is 28.1. The zero-order chi connectivity index (χ0) is 25.3. The van der Waals surface area contributed by atoms with Gasteiger partial charge < -0.3 is 19.3 Å². The molecule has 2 rings (SSSR count). The van der Waals surface area contributed by atoms with Crippen LogP contribution in [-0.2, 0) is 0 Å². The largest absolute Gasteiger partial charge is 0.490 e. The maximum atomic E-state index is 11.1. The molecule has 0 atom stereocenters. The summed E-state index contributed by atoms with van der Waals surface area (Å²) in [4.78, 5) is 11.1. The molecule has 0 saturated carbocycles. The van der Waals surface area contributed by atoms with Gasteiger partial charge in [0.05, 0.1) is 31.1 Å². The maximum absolute atomic E-state index is 11.1. The maximum Gasteiger partial charge on any atom is 0.335 e. The van der Waals surface area contributed by atoms with Gasteiger partial charge in [-0.15, -0.1) is 5.11 Å². The van der Waals surface area contributed by atoms with Crippen molar-refractivity contribution in [2.75, 3.05) is 19.8 Å². The third-order valence-corrected chi connectivity index (χ3v) is 5.44. The number of hydrogen-bond acceptors (Lipinski definition) is 6. The number of carbonyl (C=O) groups is 1. The van der Waals surface area contributed by atoms with Crippen LogP contribution in [0.15, 0.2) is 46.6 Å². The van der Waals surface area contributed by atoms with Crippen LogP contribution >= 0.6 is 0 Å². The number of nitrogens with zero attached hydrogens (tertiary/aromatic N) is 2. The van der Waals surface area contributed by atoms with E-state index in [0.29, 0.717) is 48.4 Å². The van der Waals surface area contributed by atoms with E-state index in [1.165, 1.54) is 12.1 Å². The molecule has 0 radical (unpaired) electrons. The minimum Gasteiger partial charge on any atom is -0.490 e. The van der Waals surface area contributed by atoms with E-state index < -0.39 is 5.97 Å². The summed E-state index contributed by atoms with van der Waals surface area (Å²) in [5.41, 5.74) is 1.31. The standard InChI is InChI=1S/C28H40N2O5/c1-4-7-10-19-33-25-18-17-24(30-29-23-15-13-22(14-16-23)28(31)32)26(34-20-11-8-5-2)27(25)35-21-12-9-6-3/h13-18H,4-12,19-21H2,1-3H3,(H,31,32). The number of aromatic carboxylic acids is 1. The van der Waals surface area contributed by atoms with Crippen LogP contribution in [0.5, 0.6) is 17.2 Å². The highest BCUT2D eigenvalue weighted by molar-refractivity contribution is 5.87. The Kier molecular flexibility index (Phi) is 13.3. The quantitative estimate of drug-likeness (QED) is 0.169. The van der Waals surface area contributed by atoms with Gasteiger partial charge >= 0.3 is 5.97 Å². The molecule has 0 aliphatic heterocycles. The molecule has 0 unspecified atom stereocenters. The Hall–Kier alpha value is -3.09. The minimum absolute atomic E-state index is 0.205. The third-order valence-electron chi connectivity index (χ3n) is 5.44. The summed E-state index contributed by atoms with van der Waals surface area (Å²) < 4.78 is 18.5. The molecule has 2 aromatic carbocycles. The van der Waals surface area contributed by atoms with E-state index in [4.69, 9.17) is 19.3 Å². The van der Waals surface area contributed by atoms with Crippen molar-refractivity contribution in [3.05, 3.63) is 42.0 Å². The zero-order valence-electron chi connectivity index (χ0n) is 21.4. The molecule has 0 aliphatic carbocycles. The van der Waals surface area contributed by atoms with Crippen LogP contribution in [0.1, 0.15) is 88.9 Å². The van der Waals surface area contributed by atoms with Crippen LogP contribution in [0, 0.1) is 0 Å². The van der Waals surface area contributed by atoms with Crippen molar-refractivity contribution in [1.82, 2.24) is 0 Å². The summed E-state index contributed by atoms with van der Waals surface area (Å²) in [7, 11) is 0. The fourth-order valence-electron chi connectivity index (χ4n) is 3.37. The highest BCUT2D eigenvalue weighted by atomic mass is 16.5. The van der Waals surface area contributed by atoms with Gasteiger partial charge in [-0.05, 0) is 55.7 Å². The number of benzene rings is 2. The Morgan fingerprint density at radius 2 is 1.23 bits per heavy atom. The third kappa shape index (κ3) is 9.97. The molecule has 35 heavy (non-hydrogen) atoms. The fourth-order valence-corrected chi connectivity index (χ4v) is 3.37. The van der Waals surface area contributed by atoms with E-state index in [2.05, 4.69) is 31.0 Å². The van der Waals surface area contributed by atoms with Crippen LogP contribution in [0.3, 0.4) is 0 Å². The molecule has 2 aromatic rings. The average Bonchev–Trinajstić information content (AvgIpc) is 2.87. The molecule has 0 bridgehead atoms. The lowest BCUT2D eigenvalue weighted by Crippen LogP contribution is -2.06. The van der Waals surface area contributed by atoms with E-state index in [0.717, 1.165) is 57.8 Å². The lowest BCUT2D eigenvalue weighted by Gasteiger charge is -2.18. The van der Waals surface area contributed by atoms with E-state index in [1.54, 1.807) is 12.1 Å². The summed E-state index contributed by atoms with van der Waals surface area (Å²) in [5, 5.41) is 17.8. The van der Waals surface area contributed by atoms with Crippen LogP contribution in [0.25, 0.3) is 0 Å². The summed E-state index contributed by atoms with van der Waals surface area (Å²) >= 11 is 0. The number of carboxylic acids is 1. The van der Waals surface area contributed by atoms with Gasteiger partial charge in [-0.25, -0.2) is 4.79 Å². The van der Waals surface area contributed by atoms with Gasteiger partial charge in [0.1, 0.15) is 5.69 Å². The molecule has 7 nitrogen and oxygen atoms in total. The molecule has 0 saturated heterocycles. The topological polar surface area (TPSA) is 89.7 Å². The van der Waals surface area contributed by atoms with Gasteiger partial charge in [0.25, 0.3) is 0 Å². The molecule has 1 N–H and O–H groups in total. The minimum atomic E-state index is -0.976. The summed E-state index contributed by atoms with van der Waals surface area (Å²) in [5.74, 6) is 0.798. The number of azo groups is 1. The molecule has 0 heterocycles. The van der Waals surface area contributed by atoms with Crippen molar-refractivity contribution in [3.8, 4) is 17.2 Å². The van der Waals surface area contributed by atoms with E-state index in [1.807, 2.05) is 12.1 Å².